The van der Waals surface area contributed by atoms with E-state index in [0.29, 0.717) is 0 Å². The zero-order valence-electron chi connectivity index (χ0n) is 11.6. The van der Waals surface area contributed by atoms with Crippen LogP contribution >= 0.6 is 0 Å². The third-order valence-corrected chi connectivity index (χ3v) is 3.76. The molecule has 3 rings (SSSR count). The number of hydrogen-bond acceptors (Lipinski definition) is 2. The van der Waals surface area contributed by atoms with E-state index in [1.807, 2.05) is 48.5 Å². The van der Waals surface area contributed by atoms with E-state index in [1.165, 1.54) is 0 Å². The maximum absolute atomic E-state index is 12.5. The van der Waals surface area contributed by atoms with Crippen LogP contribution in [0.3, 0.4) is 0 Å². The Morgan fingerprint density at radius 2 is 1.50 bits per heavy atom. The first-order chi connectivity index (χ1) is 9.83. The van der Waals surface area contributed by atoms with Crippen molar-refractivity contribution < 1.29 is 9.53 Å². The predicted molar refractivity (Wildman–Crippen MR) is 79.0 cm³/mol. The lowest BCUT2D eigenvalue weighted by Crippen LogP contribution is -2.21. The van der Waals surface area contributed by atoms with Crippen LogP contribution in [0.2, 0.25) is 0 Å². The summed E-state index contributed by atoms with van der Waals surface area (Å²) in [5.41, 5.74) is 3.53. The molecular weight excluding hydrogens is 248 g/mol. The Balaban J connectivity index is 2.05. The van der Waals surface area contributed by atoms with Crippen LogP contribution in [0.25, 0.3) is 0 Å². The average molecular weight is 266 g/mol. The Labute approximate surface area is 119 Å². The maximum atomic E-state index is 12.5. The first-order valence-electron chi connectivity index (χ1n) is 7.17. The summed E-state index contributed by atoms with van der Waals surface area (Å²) in [5, 5.41) is 0. The Bertz CT molecular complexity index is 581. The Morgan fingerprint density at radius 3 is 2.05 bits per heavy atom. The van der Waals surface area contributed by atoms with Crippen LogP contribution in [0.1, 0.15) is 52.9 Å². The first-order valence-corrected chi connectivity index (χ1v) is 7.17. The molecule has 0 amide bonds. The van der Waals surface area contributed by atoms with Gasteiger partial charge in [0.05, 0.1) is 0 Å². The summed E-state index contributed by atoms with van der Waals surface area (Å²) in [6, 6.07) is 15.5. The van der Waals surface area contributed by atoms with Gasteiger partial charge in [0.2, 0.25) is 0 Å². The molecule has 20 heavy (non-hydrogen) atoms. The van der Waals surface area contributed by atoms with Gasteiger partial charge in [-0.2, -0.15) is 0 Å². The standard InChI is InChI=1S/C18H18O2/c1-2-3-12-20-18-15-10-6-4-8-13(15)17(19)14-9-5-7-11-16(14)18/h4-11,18H,2-3,12H2,1H3. The second kappa shape index (κ2) is 5.59. The van der Waals surface area contributed by atoms with E-state index >= 15 is 0 Å². The predicted octanol–water partition coefficient (Wildman–Crippen LogP) is 4.14. The molecule has 0 saturated carbocycles. The van der Waals surface area contributed by atoms with E-state index in [9.17, 15) is 4.79 Å². The van der Waals surface area contributed by atoms with Crippen LogP contribution in [0.5, 0.6) is 0 Å². The molecule has 2 heteroatoms. The number of ether oxygens (including phenoxy) is 1. The van der Waals surface area contributed by atoms with Crippen LogP contribution < -0.4 is 0 Å². The summed E-state index contributed by atoms with van der Waals surface area (Å²) >= 11 is 0. The zero-order valence-corrected chi connectivity index (χ0v) is 11.6. The van der Waals surface area contributed by atoms with Crippen LogP contribution in [0, 0.1) is 0 Å². The molecule has 0 heterocycles. The van der Waals surface area contributed by atoms with Gasteiger partial charge in [-0.3, -0.25) is 4.79 Å². The molecule has 0 atom stereocenters. The molecule has 0 fully saturated rings. The summed E-state index contributed by atoms with van der Waals surface area (Å²) in [5.74, 6) is 0.103. The number of ketones is 1. The number of carbonyl (C=O) groups excluding carboxylic acids is 1. The van der Waals surface area contributed by atoms with Gasteiger partial charge in [-0.25, -0.2) is 0 Å². The lowest BCUT2D eigenvalue weighted by molar-refractivity contribution is 0.0725. The first kappa shape index (κ1) is 13.1. The molecule has 1 aliphatic rings. The SMILES string of the molecule is CCCCOC1c2ccccc2C(=O)c2ccccc21. The van der Waals surface area contributed by atoms with Crippen molar-refractivity contribution in [1.82, 2.24) is 0 Å². The molecular formula is C18H18O2. The van der Waals surface area contributed by atoms with Crippen LogP contribution in [-0.2, 0) is 4.74 Å². The Kier molecular flexibility index (Phi) is 3.66. The van der Waals surface area contributed by atoms with Gasteiger partial charge in [0, 0.05) is 17.7 Å². The number of unbranched alkanes of at least 4 members (excludes halogenated alkanes) is 1. The van der Waals surface area contributed by atoms with Crippen molar-refractivity contribution in [3.05, 3.63) is 70.8 Å². The molecule has 2 aromatic carbocycles. The molecule has 1 aliphatic carbocycles. The van der Waals surface area contributed by atoms with Gasteiger partial charge in [-0.1, -0.05) is 61.9 Å². The summed E-state index contributed by atoms with van der Waals surface area (Å²) in [7, 11) is 0. The van der Waals surface area contributed by atoms with Gasteiger partial charge in [-0.05, 0) is 17.5 Å². The van der Waals surface area contributed by atoms with Crippen molar-refractivity contribution in [3.63, 3.8) is 0 Å². The van der Waals surface area contributed by atoms with Gasteiger partial charge in [0.15, 0.2) is 5.78 Å². The minimum atomic E-state index is -0.119. The fraction of sp³-hybridized carbons (Fsp3) is 0.278. The molecule has 0 bridgehead atoms. The van der Waals surface area contributed by atoms with E-state index in [1.54, 1.807) is 0 Å². The number of hydrogen-bond donors (Lipinski definition) is 0. The molecule has 0 spiro atoms. The molecule has 0 aromatic heterocycles. The lowest BCUT2D eigenvalue weighted by atomic mass is 9.83. The third-order valence-electron chi connectivity index (χ3n) is 3.76. The minimum Gasteiger partial charge on any atom is -0.369 e. The van der Waals surface area contributed by atoms with Crippen molar-refractivity contribution in [3.8, 4) is 0 Å². The molecule has 0 radical (unpaired) electrons. The number of rotatable bonds is 4. The van der Waals surface area contributed by atoms with Gasteiger partial charge in [0.1, 0.15) is 6.10 Å². The maximum Gasteiger partial charge on any atom is 0.193 e. The van der Waals surface area contributed by atoms with Crippen LogP contribution in [0.4, 0.5) is 0 Å². The summed E-state index contributed by atoms with van der Waals surface area (Å²) in [4.78, 5) is 12.5. The average Bonchev–Trinajstić information content (AvgIpc) is 2.51. The molecule has 2 aromatic rings. The highest BCUT2D eigenvalue weighted by Gasteiger charge is 2.30. The Morgan fingerprint density at radius 1 is 0.950 bits per heavy atom. The van der Waals surface area contributed by atoms with Crippen LogP contribution in [-0.4, -0.2) is 12.4 Å². The second-order valence-electron chi connectivity index (χ2n) is 5.11. The summed E-state index contributed by atoms with van der Waals surface area (Å²) in [6.07, 6.45) is 2.02. The van der Waals surface area contributed by atoms with E-state index in [0.717, 1.165) is 41.7 Å². The van der Waals surface area contributed by atoms with Crippen molar-refractivity contribution in [2.24, 2.45) is 0 Å². The fourth-order valence-corrected chi connectivity index (χ4v) is 2.70. The monoisotopic (exact) mass is 266 g/mol. The quantitative estimate of drug-likeness (QED) is 0.777. The smallest absolute Gasteiger partial charge is 0.193 e. The van der Waals surface area contributed by atoms with E-state index in [-0.39, 0.29) is 11.9 Å². The van der Waals surface area contributed by atoms with E-state index < -0.39 is 0 Å². The van der Waals surface area contributed by atoms with Crippen molar-refractivity contribution >= 4 is 5.78 Å². The third kappa shape index (κ3) is 2.16. The van der Waals surface area contributed by atoms with Gasteiger partial charge >= 0.3 is 0 Å². The van der Waals surface area contributed by atoms with Crippen molar-refractivity contribution in [1.29, 1.82) is 0 Å². The fourth-order valence-electron chi connectivity index (χ4n) is 2.70. The minimum absolute atomic E-state index is 0.103. The largest absolute Gasteiger partial charge is 0.369 e. The van der Waals surface area contributed by atoms with Crippen molar-refractivity contribution in [2.45, 2.75) is 25.9 Å². The van der Waals surface area contributed by atoms with Gasteiger partial charge in [0.25, 0.3) is 0 Å². The van der Waals surface area contributed by atoms with Gasteiger partial charge < -0.3 is 4.74 Å². The highest BCUT2D eigenvalue weighted by atomic mass is 16.5. The topological polar surface area (TPSA) is 26.3 Å². The van der Waals surface area contributed by atoms with Crippen molar-refractivity contribution in [2.75, 3.05) is 6.61 Å². The summed E-state index contributed by atoms with van der Waals surface area (Å²) < 4.78 is 6.07. The highest BCUT2D eigenvalue weighted by molar-refractivity contribution is 6.12. The molecule has 0 unspecified atom stereocenters. The lowest BCUT2D eigenvalue weighted by Gasteiger charge is -2.27. The number of carbonyl (C=O) groups is 1. The van der Waals surface area contributed by atoms with Crippen LogP contribution in [0.15, 0.2) is 48.5 Å². The van der Waals surface area contributed by atoms with Gasteiger partial charge in [-0.15, -0.1) is 0 Å². The summed E-state index contributed by atoms with van der Waals surface area (Å²) in [6.45, 7) is 2.87. The number of benzene rings is 2. The molecule has 2 nitrogen and oxygen atoms in total. The van der Waals surface area contributed by atoms with E-state index in [2.05, 4.69) is 6.92 Å². The number of fused-ring (bicyclic) bond motifs is 2. The van der Waals surface area contributed by atoms with E-state index in [4.69, 9.17) is 4.74 Å². The zero-order chi connectivity index (χ0) is 13.9. The molecule has 102 valence electrons. The molecule has 0 saturated heterocycles. The molecule has 0 N–H and O–H groups in total. The highest BCUT2D eigenvalue weighted by Crippen LogP contribution is 2.37. The Hall–Kier alpha value is -1.93. The second-order valence-corrected chi connectivity index (χ2v) is 5.11. The normalized spacial score (nSPS) is 13.9. The molecule has 0 aliphatic heterocycles.